The third-order valence-electron chi connectivity index (χ3n) is 4.96. The number of hydrogen-bond acceptors (Lipinski definition) is 7. The Labute approximate surface area is 150 Å². The molecule has 0 bridgehead atoms. The molecule has 1 aliphatic heterocycles. The lowest BCUT2D eigenvalue weighted by Crippen LogP contribution is -2.36. The molecule has 0 atom stereocenters. The second-order valence-electron chi connectivity index (χ2n) is 6.64. The van der Waals surface area contributed by atoms with Crippen LogP contribution in [0.5, 0.6) is 5.75 Å². The maximum absolute atomic E-state index is 12.7. The van der Waals surface area contributed by atoms with Crippen molar-refractivity contribution in [2.75, 3.05) is 20.2 Å². The van der Waals surface area contributed by atoms with E-state index < -0.39 is 0 Å². The highest BCUT2D eigenvalue weighted by Gasteiger charge is 2.21. The zero-order chi connectivity index (χ0) is 17.9. The van der Waals surface area contributed by atoms with Gasteiger partial charge in [-0.1, -0.05) is 0 Å². The molecule has 1 saturated heterocycles. The third kappa shape index (κ3) is 3.45. The minimum absolute atomic E-state index is 0.00550. The van der Waals surface area contributed by atoms with E-state index in [1.807, 2.05) is 0 Å². The lowest BCUT2D eigenvalue weighted by atomic mass is 9.96. The highest BCUT2D eigenvalue weighted by Crippen LogP contribution is 2.21. The number of aromatic nitrogens is 4. The summed E-state index contributed by atoms with van der Waals surface area (Å²) in [4.78, 5) is 19.5. The molecule has 0 amide bonds. The van der Waals surface area contributed by atoms with Crippen LogP contribution in [0.2, 0.25) is 0 Å². The van der Waals surface area contributed by atoms with E-state index >= 15 is 0 Å². The van der Waals surface area contributed by atoms with E-state index in [0.29, 0.717) is 41.6 Å². The largest absolute Gasteiger partial charge is 0.497 e. The summed E-state index contributed by atoms with van der Waals surface area (Å²) < 4.78 is 12.1. The first-order valence-electron chi connectivity index (χ1n) is 8.73. The second kappa shape index (κ2) is 7.25. The third-order valence-corrected chi connectivity index (χ3v) is 4.96. The Morgan fingerprint density at radius 2 is 2.15 bits per heavy atom. The molecule has 1 aliphatic rings. The fourth-order valence-electron chi connectivity index (χ4n) is 3.46. The van der Waals surface area contributed by atoms with Crippen LogP contribution in [-0.2, 0) is 13.1 Å². The predicted molar refractivity (Wildman–Crippen MR) is 94.9 cm³/mol. The van der Waals surface area contributed by atoms with Gasteiger partial charge in [-0.25, -0.2) is 4.98 Å². The quantitative estimate of drug-likeness (QED) is 0.688. The number of likely N-dealkylation sites (tertiary alicyclic amines) is 1. The van der Waals surface area contributed by atoms with Crippen molar-refractivity contribution in [3.8, 4) is 5.75 Å². The molecular formula is C18H21N5O3. The summed E-state index contributed by atoms with van der Waals surface area (Å²) >= 11 is 0. The van der Waals surface area contributed by atoms with Gasteiger partial charge in [-0.2, -0.15) is 0 Å². The van der Waals surface area contributed by atoms with Gasteiger partial charge in [0.1, 0.15) is 5.75 Å². The van der Waals surface area contributed by atoms with Crippen LogP contribution in [0.25, 0.3) is 10.9 Å². The van der Waals surface area contributed by atoms with E-state index in [0.717, 1.165) is 25.9 Å². The minimum atomic E-state index is 0.00550. The minimum Gasteiger partial charge on any atom is -0.497 e. The molecule has 0 radical (unpaired) electrons. The molecule has 0 aliphatic carbocycles. The number of benzene rings is 1. The zero-order valence-corrected chi connectivity index (χ0v) is 14.7. The number of fused-ring (bicyclic) bond motifs is 1. The van der Waals surface area contributed by atoms with Crippen LogP contribution in [0.4, 0.5) is 0 Å². The SMILES string of the molecule is COc1ccc2c(=O)n(CC3CCN(Cc4nnco4)CC3)cnc2c1. The Kier molecular flexibility index (Phi) is 4.66. The smallest absolute Gasteiger partial charge is 0.261 e. The summed E-state index contributed by atoms with van der Waals surface area (Å²) in [5.74, 6) is 1.81. The van der Waals surface area contributed by atoms with Gasteiger partial charge >= 0.3 is 0 Å². The lowest BCUT2D eigenvalue weighted by molar-refractivity contribution is 0.154. The van der Waals surface area contributed by atoms with Gasteiger partial charge in [0.05, 0.1) is 30.9 Å². The molecule has 1 aromatic carbocycles. The molecule has 3 aromatic rings. The normalized spacial score (nSPS) is 16.2. The molecule has 8 nitrogen and oxygen atoms in total. The Morgan fingerprint density at radius 3 is 2.88 bits per heavy atom. The zero-order valence-electron chi connectivity index (χ0n) is 14.7. The fraction of sp³-hybridized carbons (Fsp3) is 0.444. The number of methoxy groups -OCH3 is 1. The Balaban J connectivity index is 1.41. The first kappa shape index (κ1) is 16.7. The highest BCUT2D eigenvalue weighted by atomic mass is 16.5. The molecule has 0 unspecified atom stereocenters. The van der Waals surface area contributed by atoms with E-state index in [1.165, 1.54) is 6.39 Å². The van der Waals surface area contributed by atoms with Crippen molar-refractivity contribution in [1.82, 2.24) is 24.6 Å². The summed E-state index contributed by atoms with van der Waals surface area (Å²) in [6, 6.07) is 5.37. The van der Waals surface area contributed by atoms with Gasteiger partial charge in [-0.15, -0.1) is 10.2 Å². The first-order chi connectivity index (χ1) is 12.7. The average molecular weight is 355 g/mol. The number of ether oxygens (including phenoxy) is 1. The number of rotatable bonds is 5. The summed E-state index contributed by atoms with van der Waals surface area (Å²) in [7, 11) is 1.60. The number of nitrogens with zero attached hydrogens (tertiary/aromatic N) is 5. The monoisotopic (exact) mass is 355 g/mol. The van der Waals surface area contributed by atoms with Crippen molar-refractivity contribution >= 4 is 10.9 Å². The van der Waals surface area contributed by atoms with Crippen molar-refractivity contribution in [3.05, 3.63) is 47.2 Å². The van der Waals surface area contributed by atoms with Gasteiger partial charge in [0, 0.05) is 12.6 Å². The van der Waals surface area contributed by atoms with E-state index in [2.05, 4.69) is 20.1 Å². The van der Waals surface area contributed by atoms with Gasteiger partial charge in [0.15, 0.2) is 0 Å². The first-order valence-corrected chi connectivity index (χ1v) is 8.73. The molecule has 4 rings (SSSR count). The Hall–Kier alpha value is -2.74. The maximum Gasteiger partial charge on any atom is 0.261 e. The van der Waals surface area contributed by atoms with Crippen LogP contribution in [0.3, 0.4) is 0 Å². The molecule has 0 saturated carbocycles. The van der Waals surface area contributed by atoms with Gasteiger partial charge in [-0.05, 0) is 44.0 Å². The Bertz CT molecular complexity index is 930. The standard InChI is InChI=1S/C18H21N5O3/c1-25-14-2-3-15-16(8-14)19-11-23(18(15)24)9-13-4-6-22(7-5-13)10-17-21-20-12-26-17/h2-3,8,11-13H,4-7,9-10H2,1H3. The van der Waals surface area contributed by atoms with Crippen molar-refractivity contribution in [2.45, 2.75) is 25.9 Å². The van der Waals surface area contributed by atoms with Crippen LogP contribution in [0.1, 0.15) is 18.7 Å². The van der Waals surface area contributed by atoms with Crippen molar-refractivity contribution < 1.29 is 9.15 Å². The molecule has 0 spiro atoms. The molecule has 136 valence electrons. The van der Waals surface area contributed by atoms with Crippen LogP contribution in [0.15, 0.2) is 40.1 Å². The van der Waals surface area contributed by atoms with Gasteiger partial charge in [0.25, 0.3) is 5.56 Å². The number of piperidine rings is 1. The summed E-state index contributed by atoms with van der Waals surface area (Å²) in [6.45, 7) is 3.30. The molecule has 3 heterocycles. The average Bonchev–Trinajstić information content (AvgIpc) is 3.18. The summed E-state index contributed by atoms with van der Waals surface area (Å²) in [5.41, 5.74) is 0.672. The molecule has 2 aromatic heterocycles. The lowest BCUT2D eigenvalue weighted by Gasteiger charge is -2.31. The maximum atomic E-state index is 12.7. The van der Waals surface area contributed by atoms with Gasteiger partial charge in [0.2, 0.25) is 12.3 Å². The van der Waals surface area contributed by atoms with Crippen LogP contribution < -0.4 is 10.3 Å². The summed E-state index contributed by atoms with van der Waals surface area (Å²) in [5, 5.41) is 8.26. The molecule has 0 N–H and O–H groups in total. The molecule has 1 fully saturated rings. The van der Waals surface area contributed by atoms with Crippen molar-refractivity contribution in [2.24, 2.45) is 5.92 Å². The van der Waals surface area contributed by atoms with Gasteiger partial charge in [-0.3, -0.25) is 14.3 Å². The van der Waals surface area contributed by atoms with Crippen LogP contribution in [0, 0.1) is 5.92 Å². The van der Waals surface area contributed by atoms with E-state index in [4.69, 9.17) is 9.15 Å². The van der Waals surface area contributed by atoms with Crippen molar-refractivity contribution in [3.63, 3.8) is 0 Å². The van der Waals surface area contributed by atoms with E-state index in [1.54, 1.807) is 36.2 Å². The van der Waals surface area contributed by atoms with Gasteiger partial charge < -0.3 is 9.15 Å². The summed E-state index contributed by atoms with van der Waals surface area (Å²) in [6.07, 6.45) is 5.06. The van der Waals surface area contributed by atoms with Crippen LogP contribution in [-0.4, -0.2) is 44.8 Å². The fourth-order valence-corrected chi connectivity index (χ4v) is 3.46. The van der Waals surface area contributed by atoms with Crippen LogP contribution >= 0.6 is 0 Å². The molecular weight excluding hydrogens is 334 g/mol. The predicted octanol–water partition coefficient (Wildman–Crippen LogP) is 1.70. The highest BCUT2D eigenvalue weighted by molar-refractivity contribution is 5.78. The Morgan fingerprint density at radius 1 is 1.31 bits per heavy atom. The van der Waals surface area contributed by atoms with E-state index in [-0.39, 0.29) is 5.56 Å². The topological polar surface area (TPSA) is 86.3 Å². The second-order valence-corrected chi connectivity index (χ2v) is 6.64. The van der Waals surface area contributed by atoms with E-state index in [9.17, 15) is 4.79 Å². The van der Waals surface area contributed by atoms with Crippen molar-refractivity contribution in [1.29, 1.82) is 0 Å². The molecule has 8 heteroatoms. The number of hydrogen-bond donors (Lipinski definition) is 0. The molecule has 26 heavy (non-hydrogen) atoms.